The normalized spacial score (nSPS) is 17.2. The first-order chi connectivity index (χ1) is 14.1. The summed E-state index contributed by atoms with van der Waals surface area (Å²) in [6.45, 7) is 3.80. The summed E-state index contributed by atoms with van der Waals surface area (Å²) in [6.07, 6.45) is 6.69. The van der Waals surface area contributed by atoms with Crippen molar-refractivity contribution in [2.24, 2.45) is 0 Å². The van der Waals surface area contributed by atoms with Crippen LogP contribution in [0.25, 0.3) is 11.4 Å². The Kier molecular flexibility index (Phi) is 5.71. The number of nitrogens with zero attached hydrogens (tertiary/aromatic N) is 3. The van der Waals surface area contributed by atoms with Gasteiger partial charge in [0.1, 0.15) is 11.6 Å². The molecule has 29 heavy (non-hydrogen) atoms. The van der Waals surface area contributed by atoms with Crippen LogP contribution in [-0.4, -0.2) is 33.5 Å². The van der Waals surface area contributed by atoms with Crippen LogP contribution in [-0.2, 0) is 6.54 Å². The van der Waals surface area contributed by atoms with Gasteiger partial charge in [0.05, 0.1) is 18.8 Å². The number of rotatable bonds is 5. The molecule has 1 N–H and O–H groups in total. The number of pyridine rings is 1. The Labute approximate surface area is 170 Å². The Morgan fingerprint density at radius 2 is 2.14 bits per heavy atom. The minimum atomic E-state index is -0.132. The minimum absolute atomic E-state index is 0.104. The number of likely N-dealkylation sites (tertiary alicyclic amines) is 1. The van der Waals surface area contributed by atoms with Crippen LogP contribution in [0.15, 0.2) is 53.6 Å². The zero-order chi connectivity index (χ0) is 20.2. The quantitative estimate of drug-likeness (QED) is 0.716. The lowest BCUT2D eigenvalue weighted by atomic mass is 9.97. The number of ether oxygens (including phenoxy) is 1. The van der Waals surface area contributed by atoms with Gasteiger partial charge in [0, 0.05) is 36.1 Å². The lowest BCUT2D eigenvalue weighted by Crippen LogP contribution is -2.34. The van der Waals surface area contributed by atoms with Crippen LogP contribution in [0, 0.1) is 6.92 Å². The average molecular weight is 390 g/mol. The number of aromatic nitrogens is 3. The van der Waals surface area contributed by atoms with Gasteiger partial charge in [0.25, 0.3) is 5.56 Å². The maximum Gasteiger partial charge on any atom is 0.251 e. The van der Waals surface area contributed by atoms with E-state index < -0.39 is 0 Å². The van der Waals surface area contributed by atoms with Crippen LogP contribution in [0.2, 0.25) is 0 Å². The van der Waals surface area contributed by atoms with E-state index in [0.717, 1.165) is 54.9 Å². The number of piperidine rings is 1. The van der Waals surface area contributed by atoms with Gasteiger partial charge in [-0.05, 0) is 50.1 Å². The summed E-state index contributed by atoms with van der Waals surface area (Å²) < 4.78 is 5.60. The fourth-order valence-corrected chi connectivity index (χ4v) is 4.00. The molecule has 0 bridgehead atoms. The van der Waals surface area contributed by atoms with Crippen LogP contribution in [0.1, 0.15) is 42.1 Å². The standard InChI is InChI=1S/C23H26N4O2/c1-16-8-9-18(21(12-16)29-2)15-27-11-4-3-7-20(27)19-13-22(28)26-23(25-19)17-6-5-10-24-14-17/h5-6,8-10,12-14,20H,3-4,7,11,15H2,1-2H3,(H,25,26,28). The first-order valence-corrected chi connectivity index (χ1v) is 10.0. The van der Waals surface area contributed by atoms with Crippen molar-refractivity contribution in [1.82, 2.24) is 19.9 Å². The van der Waals surface area contributed by atoms with E-state index in [-0.39, 0.29) is 11.6 Å². The summed E-state index contributed by atoms with van der Waals surface area (Å²) >= 11 is 0. The van der Waals surface area contributed by atoms with Gasteiger partial charge in [-0.2, -0.15) is 0 Å². The Morgan fingerprint density at radius 3 is 2.93 bits per heavy atom. The molecule has 3 aromatic rings. The third kappa shape index (κ3) is 4.38. The molecule has 1 atom stereocenters. The predicted octanol–water partition coefficient (Wildman–Crippen LogP) is 3.88. The van der Waals surface area contributed by atoms with Crippen molar-refractivity contribution in [3.05, 3.63) is 76.0 Å². The van der Waals surface area contributed by atoms with Crippen LogP contribution < -0.4 is 10.3 Å². The highest BCUT2D eigenvalue weighted by Crippen LogP contribution is 2.33. The van der Waals surface area contributed by atoms with Gasteiger partial charge in [-0.15, -0.1) is 0 Å². The van der Waals surface area contributed by atoms with E-state index in [1.807, 2.05) is 12.1 Å². The maximum atomic E-state index is 12.4. The highest BCUT2D eigenvalue weighted by molar-refractivity contribution is 5.52. The molecule has 0 amide bonds. The molecule has 6 heteroatoms. The smallest absolute Gasteiger partial charge is 0.251 e. The Hall–Kier alpha value is -2.99. The number of methoxy groups -OCH3 is 1. The fourth-order valence-electron chi connectivity index (χ4n) is 4.00. The molecule has 0 radical (unpaired) electrons. The van der Waals surface area contributed by atoms with Gasteiger partial charge in [0.2, 0.25) is 0 Å². The summed E-state index contributed by atoms with van der Waals surface area (Å²) in [6, 6.07) is 11.8. The molecule has 1 aliphatic heterocycles. The molecule has 1 aliphatic rings. The van der Waals surface area contributed by atoms with Crippen LogP contribution in [0.5, 0.6) is 5.75 Å². The molecule has 1 unspecified atom stereocenters. The lowest BCUT2D eigenvalue weighted by molar-refractivity contribution is 0.136. The third-order valence-corrected chi connectivity index (χ3v) is 5.47. The monoisotopic (exact) mass is 390 g/mol. The van der Waals surface area contributed by atoms with E-state index in [1.54, 1.807) is 25.6 Å². The molecule has 2 aromatic heterocycles. The second-order valence-electron chi connectivity index (χ2n) is 7.56. The molecule has 6 nitrogen and oxygen atoms in total. The van der Waals surface area contributed by atoms with Crippen molar-refractivity contribution in [3.63, 3.8) is 0 Å². The van der Waals surface area contributed by atoms with E-state index in [2.05, 4.69) is 40.0 Å². The van der Waals surface area contributed by atoms with Crippen LogP contribution in [0.3, 0.4) is 0 Å². The molecule has 4 rings (SSSR count). The van der Waals surface area contributed by atoms with Crippen molar-refractivity contribution in [1.29, 1.82) is 0 Å². The Balaban J connectivity index is 1.66. The first-order valence-electron chi connectivity index (χ1n) is 10.0. The number of benzene rings is 1. The van der Waals surface area contributed by atoms with Crippen molar-refractivity contribution in [3.8, 4) is 17.1 Å². The molecule has 0 aliphatic carbocycles. The number of aromatic amines is 1. The fraction of sp³-hybridized carbons (Fsp3) is 0.348. The molecule has 0 saturated carbocycles. The summed E-state index contributed by atoms with van der Waals surface area (Å²) in [5, 5.41) is 0. The second kappa shape index (κ2) is 8.57. The number of hydrogen-bond donors (Lipinski definition) is 1. The molecular weight excluding hydrogens is 364 g/mol. The van der Waals surface area contributed by atoms with Gasteiger partial charge in [-0.3, -0.25) is 14.7 Å². The van der Waals surface area contributed by atoms with Gasteiger partial charge in [-0.25, -0.2) is 4.98 Å². The van der Waals surface area contributed by atoms with Crippen molar-refractivity contribution >= 4 is 0 Å². The van der Waals surface area contributed by atoms with E-state index in [4.69, 9.17) is 9.72 Å². The van der Waals surface area contributed by atoms with E-state index in [0.29, 0.717) is 5.82 Å². The summed E-state index contributed by atoms with van der Waals surface area (Å²) in [5.41, 5.74) is 3.83. The van der Waals surface area contributed by atoms with E-state index in [1.165, 1.54) is 5.56 Å². The lowest BCUT2D eigenvalue weighted by Gasteiger charge is -2.35. The van der Waals surface area contributed by atoms with Crippen LogP contribution >= 0.6 is 0 Å². The molecule has 3 heterocycles. The molecule has 1 aromatic carbocycles. The largest absolute Gasteiger partial charge is 0.496 e. The molecule has 1 fully saturated rings. The number of hydrogen-bond acceptors (Lipinski definition) is 5. The van der Waals surface area contributed by atoms with Crippen molar-refractivity contribution in [2.45, 2.75) is 38.8 Å². The van der Waals surface area contributed by atoms with Gasteiger partial charge in [-0.1, -0.05) is 18.6 Å². The number of aryl methyl sites for hydroxylation is 1. The predicted molar refractivity (Wildman–Crippen MR) is 113 cm³/mol. The topological polar surface area (TPSA) is 71.1 Å². The van der Waals surface area contributed by atoms with E-state index in [9.17, 15) is 4.79 Å². The van der Waals surface area contributed by atoms with E-state index >= 15 is 0 Å². The third-order valence-electron chi connectivity index (χ3n) is 5.47. The SMILES string of the molecule is COc1cc(C)ccc1CN1CCCCC1c1cc(=O)[nH]c(-c2cccnc2)n1. The Morgan fingerprint density at radius 1 is 1.24 bits per heavy atom. The first kappa shape index (κ1) is 19.3. The molecule has 1 saturated heterocycles. The average Bonchev–Trinajstić information content (AvgIpc) is 2.75. The van der Waals surface area contributed by atoms with Crippen LogP contribution in [0.4, 0.5) is 0 Å². The number of nitrogens with one attached hydrogen (secondary N) is 1. The highest BCUT2D eigenvalue weighted by Gasteiger charge is 2.27. The molecule has 0 spiro atoms. The minimum Gasteiger partial charge on any atom is -0.496 e. The van der Waals surface area contributed by atoms with Crippen molar-refractivity contribution in [2.75, 3.05) is 13.7 Å². The summed E-state index contributed by atoms with van der Waals surface area (Å²) in [5.74, 6) is 1.48. The highest BCUT2D eigenvalue weighted by atomic mass is 16.5. The summed E-state index contributed by atoms with van der Waals surface area (Å²) in [7, 11) is 1.71. The van der Waals surface area contributed by atoms with Gasteiger partial charge < -0.3 is 9.72 Å². The molecule has 150 valence electrons. The summed E-state index contributed by atoms with van der Waals surface area (Å²) in [4.78, 5) is 26.6. The van der Waals surface area contributed by atoms with Gasteiger partial charge in [0.15, 0.2) is 0 Å². The molecular formula is C23H26N4O2. The van der Waals surface area contributed by atoms with Gasteiger partial charge >= 0.3 is 0 Å². The number of H-pyrrole nitrogens is 1. The Bertz CT molecular complexity index is 1030. The van der Waals surface area contributed by atoms with Crippen molar-refractivity contribution < 1.29 is 4.74 Å². The second-order valence-corrected chi connectivity index (χ2v) is 7.56. The maximum absolute atomic E-state index is 12.4. The zero-order valence-corrected chi connectivity index (χ0v) is 16.9. The zero-order valence-electron chi connectivity index (χ0n) is 16.9.